The number of urea groups is 1. The van der Waals surface area contributed by atoms with Crippen LogP contribution in [0.3, 0.4) is 0 Å². The first-order valence-electron chi connectivity index (χ1n) is 18.7. The number of hydrogen-bond donors (Lipinski definition) is 9. The number of carbonyl (C=O) groups excluding carboxylic acids is 9. The summed E-state index contributed by atoms with van der Waals surface area (Å²) in [5, 5.41) is 15.5. The number of carbonyl (C=O) groups is 9. The number of nitrogens with two attached hydrogens (primary N) is 3. The lowest BCUT2D eigenvalue weighted by Crippen LogP contribution is -2.58. The highest BCUT2D eigenvalue weighted by Crippen LogP contribution is 2.19. The van der Waals surface area contributed by atoms with E-state index in [9.17, 15) is 43.2 Å². The molecule has 0 saturated heterocycles. The number of Topliss-reactive ketones (excluding diaryl/α,β-unsaturated/α-hetero) is 1. The van der Waals surface area contributed by atoms with E-state index in [2.05, 4.69) is 31.9 Å². The van der Waals surface area contributed by atoms with Gasteiger partial charge in [-0.1, -0.05) is 33.8 Å². The number of primary amides is 2. The number of ketones is 1. The number of amides is 8. The summed E-state index contributed by atoms with van der Waals surface area (Å²) in [7, 11) is 0. The molecule has 20 heteroatoms. The van der Waals surface area contributed by atoms with E-state index in [1.165, 1.54) is 25.1 Å². The Bertz CT molecular complexity index is 1570. The number of rotatable bonds is 27. The number of nitrogens with one attached hydrogen (secondary N) is 6. The highest BCUT2D eigenvalue weighted by Gasteiger charge is 2.32. The Morgan fingerprint density at radius 3 is 2.02 bits per heavy atom. The van der Waals surface area contributed by atoms with E-state index in [1.54, 1.807) is 27.7 Å². The van der Waals surface area contributed by atoms with Crippen molar-refractivity contribution in [3.05, 3.63) is 29.3 Å². The predicted octanol–water partition coefficient (Wildman–Crippen LogP) is -0.777. The zero-order valence-corrected chi connectivity index (χ0v) is 33.3. The molecule has 0 saturated carbocycles. The molecule has 12 N–H and O–H groups in total. The Morgan fingerprint density at radius 2 is 1.42 bits per heavy atom. The highest BCUT2D eigenvalue weighted by atomic mass is 16.5. The molecule has 0 aliphatic carbocycles. The minimum atomic E-state index is -1.26. The standard InChI is InChI=1S/C37H59N9O11/c1-21(2)31(46-34(52)28(10-11-29(39)48)44-30(49)13-18-56-17-12-23(5)47)35(53)45-27(7-6-15-42-37(40)55)33(51)43-25-9-8-24(20-57-36(54)22(3)4)26(19-25)32(50)41-16-14-38/h8-9,19,21-22,27-28,31H,6-7,10-18,20,38H2,1-5H3,(H2,39,48)(H,41,50)(H,43,51)(H,44,49)(H,45,53)(H,46,52)(H3,40,42,55)/t27-,28-,31-/m0/s1. The first-order valence-corrected chi connectivity index (χ1v) is 18.7. The molecule has 1 rings (SSSR count). The van der Waals surface area contributed by atoms with E-state index in [0.717, 1.165) is 0 Å². The van der Waals surface area contributed by atoms with Gasteiger partial charge in [0, 0.05) is 55.7 Å². The van der Waals surface area contributed by atoms with Crippen LogP contribution in [0.2, 0.25) is 0 Å². The monoisotopic (exact) mass is 805 g/mol. The Hall–Kier alpha value is -5.63. The molecule has 0 aliphatic rings. The molecule has 0 bridgehead atoms. The number of hydrogen-bond acceptors (Lipinski definition) is 12. The van der Waals surface area contributed by atoms with E-state index >= 15 is 0 Å². The maximum absolute atomic E-state index is 13.8. The molecule has 8 amide bonds. The lowest BCUT2D eigenvalue weighted by Gasteiger charge is -2.27. The molecule has 0 aromatic heterocycles. The summed E-state index contributed by atoms with van der Waals surface area (Å²) in [6.07, 6.45) is -0.219. The smallest absolute Gasteiger partial charge is 0.312 e. The van der Waals surface area contributed by atoms with Crippen LogP contribution in [0, 0.1) is 11.8 Å². The van der Waals surface area contributed by atoms with Crippen molar-refractivity contribution in [1.29, 1.82) is 0 Å². The van der Waals surface area contributed by atoms with Gasteiger partial charge >= 0.3 is 12.0 Å². The second kappa shape index (κ2) is 26.3. The summed E-state index contributed by atoms with van der Waals surface area (Å²) in [4.78, 5) is 113. The van der Waals surface area contributed by atoms with E-state index < -0.39 is 77.4 Å². The maximum atomic E-state index is 13.8. The molecule has 318 valence electrons. The molecule has 0 fully saturated rings. The highest BCUT2D eigenvalue weighted by molar-refractivity contribution is 6.01. The van der Waals surface area contributed by atoms with Gasteiger partial charge in [0.2, 0.25) is 29.5 Å². The summed E-state index contributed by atoms with van der Waals surface area (Å²) >= 11 is 0. The van der Waals surface area contributed by atoms with Crippen molar-refractivity contribution in [3.8, 4) is 0 Å². The van der Waals surface area contributed by atoms with Gasteiger partial charge in [0.1, 0.15) is 30.5 Å². The molecule has 57 heavy (non-hydrogen) atoms. The van der Waals surface area contributed by atoms with E-state index in [4.69, 9.17) is 26.7 Å². The fraction of sp³-hybridized carbons (Fsp3) is 0.595. The molecule has 1 aromatic carbocycles. The van der Waals surface area contributed by atoms with Crippen LogP contribution in [0.25, 0.3) is 0 Å². The molecule has 0 radical (unpaired) electrons. The Balaban J connectivity index is 3.27. The molecular weight excluding hydrogens is 746 g/mol. The van der Waals surface area contributed by atoms with Gasteiger partial charge in [-0.25, -0.2) is 4.79 Å². The quantitative estimate of drug-likeness (QED) is 0.0391. The molecule has 0 unspecified atom stereocenters. The first-order chi connectivity index (χ1) is 26.9. The van der Waals surface area contributed by atoms with Crippen LogP contribution in [0.1, 0.15) is 89.1 Å². The van der Waals surface area contributed by atoms with Crippen molar-refractivity contribution >= 4 is 58.9 Å². The van der Waals surface area contributed by atoms with Gasteiger partial charge in [-0.05, 0) is 44.2 Å². The van der Waals surface area contributed by atoms with Crippen molar-refractivity contribution in [2.24, 2.45) is 29.0 Å². The number of benzene rings is 1. The molecule has 0 spiro atoms. The summed E-state index contributed by atoms with van der Waals surface area (Å²) in [5.74, 6) is -5.60. The zero-order chi connectivity index (χ0) is 43.1. The minimum Gasteiger partial charge on any atom is -0.461 e. The molecule has 1 aromatic rings. The van der Waals surface area contributed by atoms with Crippen LogP contribution >= 0.6 is 0 Å². The number of ether oxygens (including phenoxy) is 2. The van der Waals surface area contributed by atoms with Crippen LogP contribution in [0.5, 0.6) is 0 Å². The van der Waals surface area contributed by atoms with Gasteiger partial charge in [-0.3, -0.25) is 38.4 Å². The predicted molar refractivity (Wildman–Crippen MR) is 208 cm³/mol. The number of esters is 1. The van der Waals surface area contributed by atoms with Crippen molar-refractivity contribution in [1.82, 2.24) is 26.6 Å². The van der Waals surface area contributed by atoms with Crippen LogP contribution in [-0.2, 0) is 49.6 Å². The average molecular weight is 806 g/mol. The van der Waals surface area contributed by atoms with Gasteiger partial charge in [0.25, 0.3) is 5.91 Å². The maximum Gasteiger partial charge on any atom is 0.312 e. The molecule has 0 heterocycles. The largest absolute Gasteiger partial charge is 0.461 e. The lowest BCUT2D eigenvalue weighted by molar-refractivity contribution is -0.148. The normalized spacial score (nSPS) is 12.4. The zero-order valence-electron chi connectivity index (χ0n) is 33.3. The lowest BCUT2D eigenvalue weighted by atomic mass is 10.0. The number of anilines is 1. The minimum absolute atomic E-state index is 0.00449. The molecular formula is C37H59N9O11. The third-order valence-corrected chi connectivity index (χ3v) is 8.14. The second-order valence-electron chi connectivity index (χ2n) is 13.8. The van der Waals surface area contributed by atoms with Gasteiger partial charge in [-0.2, -0.15) is 0 Å². The Labute approximate surface area is 332 Å². The van der Waals surface area contributed by atoms with Crippen LogP contribution in [0.15, 0.2) is 18.2 Å². The van der Waals surface area contributed by atoms with E-state index in [-0.39, 0.29) is 95.0 Å². The average Bonchev–Trinajstić information content (AvgIpc) is 3.13. The van der Waals surface area contributed by atoms with Crippen LogP contribution in [0.4, 0.5) is 10.5 Å². The Kier molecular flexibility index (Phi) is 22.8. The molecule has 3 atom stereocenters. The summed E-state index contributed by atoms with van der Waals surface area (Å²) in [5.41, 5.74) is 16.6. The van der Waals surface area contributed by atoms with Crippen LogP contribution < -0.4 is 49.1 Å². The summed E-state index contributed by atoms with van der Waals surface area (Å²) in [6, 6.07) is -0.149. The SMILES string of the molecule is CC(=O)CCOCCC(=O)N[C@@H](CCC(N)=O)C(=O)N[C@H](C(=O)N[C@@H](CCCNC(N)=O)C(=O)Nc1ccc(COC(=O)C(C)C)c(C(=O)NCCN)c1)C(C)C. The van der Waals surface area contributed by atoms with Crippen molar-refractivity contribution in [2.45, 2.75) is 97.9 Å². The molecule has 0 aliphatic heterocycles. The third kappa shape index (κ3) is 20.2. The van der Waals surface area contributed by atoms with Gasteiger partial charge in [0.15, 0.2) is 0 Å². The second-order valence-corrected chi connectivity index (χ2v) is 13.8. The molecule has 20 nitrogen and oxygen atoms in total. The Morgan fingerprint density at radius 1 is 0.754 bits per heavy atom. The van der Waals surface area contributed by atoms with Crippen molar-refractivity contribution in [2.75, 3.05) is 38.2 Å². The third-order valence-electron chi connectivity index (χ3n) is 8.14. The van der Waals surface area contributed by atoms with E-state index in [1.807, 2.05) is 0 Å². The summed E-state index contributed by atoms with van der Waals surface area (Å²) < 4.78 is 10.6. The van der Waals surface area contributed by atoms with Gasteiger partial charge in [-0.15, -0.1) is 0 Å². The fourth-order valence-corrected chi connectivity index (χ4v) is 4.96. The van der Waals surface area contributed by atoms with E-state index in [0.29, 0.717) is 5.56 Å². The van der Waals surface area contributed by atoms with Gasteiger partial charge < -0.3 is 58.6 Å². The van der Waals surface area contributed by atoms with Crippen molar-refractivity contribution < 1.29 is 52.6 Å². The van der Waals surface area contributed by atoms with Crippen LogP contribution in [-0.4, -0.2) is 104 Å². The topological polar surface area (TPSA) is 322 Å². The van der Waals surface area contributed by atoms with Crippen molar-refractivity contribution in [3.63, 3.8) is 0 Å². The summed E-state index contributed by atoms with van der Waals surface area (Å²) in [6.45, 7) is 8.27. The first kappa shape index (κ1) is 49.4. The fourth-order valence-electron chi connectivity index (χ4n) is 4.96. The van der Waals surface area contributed by atoms with Gasteiger partial charge in [0.05, 0.1) is 19.1 Å².